The van der Waals surface area contributed by atoms with Gasteiger partial charge in [-0.1, -0.05) is 51.9 Å². The van der Waals surface area contributed by atoms with E-state index in [1.807, 2.05) is 0 Å². The Hall–Kier alpha value is -1.42. The van der Waals surface area contributed by atoms with Crippen molar-refractivity contribution in [1.29, 1.82) is 0 Å². The second-order valence-corrected chi connectivity index (χ2v) is 8.93. The molecule has 2 fully saturated rings. The second kappa shape index (κ2) is 14.4. The van der Waals surface area contributed by atoms with Gasteiger partial charge in [-0.15, -0.1) is 0 Å². The van der Waals surface area contributed by atoms with Crippen LogP contribution in [0.25, 0.3) is 0 Å². The predicted molar refractivity (Wildman–Crippen MR) is 116 cm³/mol. The summed E-state index contributed by atoms with van der Waals surface area (Å²) in [5, 5.41) is 69.4. The van der Waals surface area contributed by atoms with Crippen molar-refractivity contribution in [2.75, 3.05) is 6.61 Å². The Labute approximate surface area is 203 Å². The van der Waals surface area contributed by atoms with E-state index < -0.39 is 73.4 Å². The van der Waals surface area contributed by atoms with Crippen molar-refractivity contribution in [1.82, 2.24) is 0 Å². The third-order valence-corrected chi connectivity index (χ3v) is 6.17. The first-order valence-electron chi connectivity index (χ1n) is 12.0. The maximum absolute atomic E-state index is 11.8. The number of aliphatic hydroxyl groups is 5. The summed E-state index contributed by atoms with van der Waals surface area (Å²) >= 11 is 0. The molecule has 13 nitrogen and oxygen atoms in total. The molecule has 2 aliphatic rings. The van der Waals surface area contributed by atoms with Gasteiger partial charge in [0.1, 0.15) is 36.6 Å². The van der Waals surface area contributed by atoms with E-state index in [9.17, 15) is 40.2 Å². The van der Waals surface area contributed by atoms with Crippen molar-refractivity contribution in [3.8, 4) is 0 Å². The third-order valence-electron chi connectivity index (χ3n) is 6.17. The topological polar surface area (TPSA) is 213 Å². The quantitative estimate of drug-likeness (QED) is 0.139. The number of carboxylic acid groups (broad SMARTS) is 2. The predicted octanol–water partition coefficient (Wildman–Crippen LogP) is -1.05. The fraction of sp³-hybridized carbons (Fsp3) is 0.909. The lowest BCUT2D eigenvalue weighted by molar-refractivity contribution is -0.350. The van der Waals surface area contributed by atoms with Gasteiger partial charge in [0.2, 0.25) is 0 Å². The molecule has 2 saturated heterocycles. The molecule has 13 heteroatoms. The third kappa shape index (κ3) is 8.03. The molecule has 0 aromatic carbocycles. The average molecular weight is 511 g/mol. The summed E-state index contributed by atoms with van der Waals surface area (Å²) in [6, 6.07) is 0. The number of rotatable bonds is 14. The number of carbonyl (C=O) groups is 2. The van der Waals surface area contributed by atoms with Crippen molar-refractivity contribution in [3.63, 3.8) is 0 Å². The minimum Gasteiger partial charge on any atom is -0.479 e. The lowest BCUT2D eigenvalue weighted by atomic mass is 9.96. The molecule has 0 saturated carbocycles. The van der Waals surface area contributed by atoms with Crippen LogP contribution >= 0.6 is 0 Å². The van der Waals surface area contributed by atoms with Gasteiger partial charge in [0.15, 0.2) is 24.8 Å². The van der Waals surface area contributed by atoms with Gasteiger partial charge in [-0.3, -0.25) is 0 Å². The van der Waals surface area contributed by atoms with Crippen LogP contribution in [-0.2, 0) is 28.5 Å². The molecule has 2 aliphatic heterocycles. The standard InChI is InChI=1S/C22H38O13/c1-2-3-4-5-6-7-8-9-10-32-21-15(27)13(25)16(18(35-21)20(30)31)33-22-14(26)11(23)12(24)17(34-22)19(28)29/h11-18,21-27H,2-10H2,1H3,(H,28,29)(H,30,31)/t11-,12-,13+,14+,15+,16+,17-,18-,21+,22+/m0/s1. The van der Waals surface area contributed by atoms with E-state index in [0.29, 0.717) is 6.42 Å². The zero-order chi connectivity index (χ0) is 26.1. The maximum atomic E-state index is 11.8. The van der Waals surface area contributed by atoms with Crippen LogP contribution in [0.2, 0.25) is 0 Å². The number of unbranched alkanes of at least 4 members (excludes halogenated alkanes) is 7. The summed E-state index contributed by atoms with van der Waals surface area (Å²) in [6.45, 7) is 2.31. The van der Waals surface area contributed by atoms with Gasteiger partial charge in [0.25, 0.3) is 0 Å². The minimum absolute atomic E-state index is 0.163. The minimum atomic E-state index is -1.99. The highest BCUT2D eigenvalue weighted by Crippen LogP contribution is 2.30. The van der Waals surface area contributed by atoms with Gasteiger partial charge in [-0.05, 0) is 6.42 Å². The molecule has 0 radical (unpaired) electrons. The molecule has 0 amide bonds. The largest absolute Gasteiger partial charge is 0.479 e. The van der Waals surface area contributed by atoms with E-state index in [4.69, 9.17) is 24.1 Å². The van der Waals surface area contributed by atoms with E-state index in [0.717, 1.165) is 25.7 Å². The molecule has 2 rings (SSSR count). The summed E-state index contributed by atoms with van der Waals surface area (Å²) in [5.74, 6) is -3.25. The Balaban J connectivity index is 1.92. The van der Waals surface area contributed by atoms with Crippen molar-refractivity contribution in [2.45, 2.75) is 120 Å². The molecule has 0 aliphatic carbocycles. The van der Waals surface area contributed by atoms with E-state index in [1.54, 1.807) is 0 Å². The van der Waals surface area contributed by atoms with Crippen LogP contribution in [0.3, 0.4) is 0 Å². The van der Waals surface area contributed by atoms with Crippen LogP contribution in [0.15, 0.2) is 0 Å². The lowest BCUT2D eigenvalue weighted by Crippen LogP contribution is -2.65. The summed E-state index contributed by atoms with van der Waals surface area (Å²) in [6.07, 6.45) is -10.3. The van der Waals surface area contributed by atoms with E-state index in [-0.39, 0.29) is 6.61 Å². The number of hydrogen-bond acceptors (Lipinski definition) is 11. The molecule has 35 heavy (non-hydrogen) atoms. The number of aliphatic carboxylic acids is 2. The molecule has 2 heterocycles. The molecule has 0 bridgehead atoms. The summed E-state index contributed by atoms with van der Waals surface area (Å²) in [7, 11) is 0. The Morgan fingerprint density at radius 3 is 1.74 bits per heavy atom. The molecule has 0 aromatic heterocycles. The fourth-order valence-corrected chi connectivity index (χ4v) is 4.08. The van der Waals surface area contributed by atoms with Crippen molar-refractivity contribution in [2.24, 2.45) is 0 Å². The molecule has 10 atom stereocenters. The monoisotopic (exact) mass is 510 g/mol. The highest BCUT2D eigenvalue weighted by Gasteiger charge is 2.53. The van der Waals surface area contributed by atoms with Crippen LogP contribution in [0, 0.1) is 0 Å². The van der Waals surface area contributed by atoms with Gasteiger partial charge >= 0.3 is 11.9 Å². The van der Waals surface area contributed by atoms with Gasteiger partial charge in [-0.25, -0.2) is 9.59 Å². The highest BCUT2D eigenvalue weighted by atomic mass is 16.7. The van der Waals surface area contributed by atoms with Crippen LogP contribution in [0.4, 0.5) is 0 Å². The van der Waals surface area contributed by atoms with Crippen LogP contribution in [0.5, 0.6) is 0 Å². The second-order valence-electron chi connectivity index (χ2n) is 8.93. The van der Waals surface area contributed by atoms with Gasteiger partial charge in [0, 0.05) is 6.61 Å². The molecule has 204 valence electrons. The molecular weight excluding hydrogens is 472 g/mol. The summed E-state index contributed by atoms with van der Waals surface area (Å²) in [5.41, 5.74) is 0. The van der Waals surface area contributed by atoms with E-state index >= 15 is 0 Å². The normalized spacial score (nSPS) is 37.8. The molecule has 0 aromatic rings. The molecule has 7 N–H and O–H groups in total. The van der Waals surface area contributed by atoms with Crippen molar-refractivity contribution >= 4 is 11.9 Å². The first-order valence-corrected chi connectivity index (χ1v) is 12.0. The Morgan fingerprint density at radius 1 is 0.657 bits per heavy atom. The zero-order valence-corrected chi connectivity index (χ0v) is 19.7. The van der Waals surface area contributed by atoms with E-state index in [2.05, 4.69) is 6.92 Å². The summed E-state index contributed by atoms with van der Waals surface area (Å²) in [4.78, 5) is 23.0. The average Bonchev–Trinajstić information content (AvgIpc) is 2.81. The Bertz CT molecular complexity index is 661. The van der Waals surface area contributed by atoms with Crippen LogP contribution in [-0.4, -0.2) is 116 Å². The SMILES string of the molecule is CCCCCCCCCCO[C@@H]1O[C@H](C(=O)O)[C@H](O[C@@H]2O[C@H](C(=O)O)[C@@H](O)[C@H](O)[C@H]2O)[C@H](O)[C@H]1O. The maximum Gasteiger partial charge on any atom is 0.335 e. The fourth-order valence-electron chi connectivity index (χ4n) is 4.08. The lowest BCUT2D eigenvalue weighted by Gasteiger charge is -2.44. The van der Waals surface area contributed by atoms with Crippen LogP contribution < -0.4 is 0 Å². The molecule has 0 unspecified atom stereocenters. The van der Waals surface area contributed by atoms with Gasteiger partial charge < -0.3 is 54.7 Å². The summed E-state index contributed by atoms with van der Waals surface area (Å²) < 4.78 is 21.0. The molecular formula is C22H38O13. The van der Waals surface area contributed by atoms with Crippen molar-refractivity contribution in [3.05, 3.63) is 0 Å². The van der Waals surface area contributed by atoms with E-state index in [1.165, 1.54) is 19.3 Å². The first-order chi connectivity index (χ1) is 16.6. The van der Waals surface area contributed by atoms with Crippen LogP contribution in [0.1, 0.15) is 58.3 Å². The smallest absolute Gasteiger partial charge is 0.335 e. The molecule has 0 spiro atoms. The highest BCUT2D eigenvalue weighted by molar-refractivity contribution is 5.74. The number of ether oxygens (including phenoxy) is 4. The van der Waals surface area contributed by atoms with Gasteiger partial charge in [0.05, 0.1) is 0 Å². The first kappa shape index (κ1) is 29.8. The number of hydrogen-bond donors (Lipinski definition) is 7. The number of aliphatic hydroxyl groups excluding tert-OH is 5. The zero-order valence-electron chi connectivity index (χ0n) is 19.7. The van der Waals surface area contributed by atoms with Gasteiger partial charge in [-0.2, -0.15) is 0 Å². The Kier molecular flexibility index (Phi) is 12.2. The van der Waals surface area contributed by atoms with Crippen molar-refractivity contribution < 1.29 is 64.3 Å². The Morgan fingerprint density at radius 2 is 1.17 bits per heavy atom. The number of carboxylic acids is 2.